The van der Waals surface area contributed by atoms with Crippen LogP contribution in [0.25, 0.3) is 0 Å². The Hall–Kier alpha value is -0.630. The van der Waals surface area contributed by atoms with Crippen LogP contribution < -0.4 is 0 Å². The lowest BCUT2D eigenvalue weighted by molar-refractivity contribution is 0.616. The first-order chi connectivity index (χ1) is 6.18. The number of hydrogen-bond donors (Lipinski definition) is 0. The van der Waals surface area contributed by atoms with Gasteiger partial charge in [-0.15, -0.1) is 0 Å². The largest absolute Gasteiger partial charge is 0.206 e. The van der Waals surface area contributed by atoms with Crippen LogP contribution in [0.1, 0.15) is 18.4 Å². The zero-order chi connectivity index (χ0) is 9.47. The molecule has 0 amide bonds. The predicted octanol–water partition coefficient (Wildman–Crippen LogP) is 2.99. The van der Waals surface area contributed by atoms with Crippen molar-refractivity contribution in [2.45, 2.75) is 18.3 Å². The van der Waals surface area contributed by atoms with Crippen molar-refractivity contribution in [2.24, 2.45) is 0 Å². The molecule has 13 heavy (non-hydrogen) atoms. The molecule has 1 aliphatic rings. The van der Waals surface area contributed by atoms with Gasteiger partial charge in [0.15, 0.2) is 0 Å². The van der Waals surface area contributed by atoms with E-state index in [1.54, 1.807) is 6.07 Å². The van der Waals surface area contributed by atoms with Crippen LogP contribution in [0.3, 0.4) is 0 Å². The zero-order valence-electron chi connectivity index (χ0n) is 6.85. The minimum Gasteiger partial charge on any atom is -0.206 e. The van der Waals surface area contributed by atoms with Crippen molar-refractivity contribution in [3.05, 3.63) is 33.1 Å². The molecule has 0 aromatic heterocycles. The second kappa shape index (κ2) is 2.95. The number of hydrogen-bond acceptors (Lipinski definition) is 1. The number of benzene rings is 1. The normalized spacial score (nSPS) is 17.9. The smallest absolute Gasteiger partial charge is 0.136 e. The van der Waals surface area contributed by atoms with Gasteiger partial charge in [-0.1, -0.05) is 6.07 Å². The topological polar surface area (TPSA) is 23.8 Å². The molecule has 0 saturated heterocycles. The molecule has 0 heterocycles. The van der Waals surface area contributed by atoms with Crippen molar-refractivity contribution >= 4 is 22.6 Å². The molecule has 2 rings (SSSR count). The average molecular weight is 287 g/mol. The highest BCUT2D eigenvalue weighted by Crippen LogP contribution is 2.47. The maximum Gasteiger partial charge on any atom is 0.136 e. The lowest BCUT2D eigenvalue weighted by Crippen LogP contribution is -2.03. The number of rotatable bonds is 1. The van der Waals surface area contributed by atoms with Crippen molar-refractivity contribution < 1.29 is 4.39 Å². The lowest BCUT2D eigenvalue weighted by Gasteiger charge is -2.05. The van der Waals surface area contributed by atoms with Gasteiger partial charge < -0.3 is 0 Å². The van der Waals surface area contributed by atoms with Crippen molar-refractivity contribution in [3.8, 4) is 6.07 Å². The Bertz CT molecular complexity index is 390. The molecule has 3 heteroatoms. The van der Waals surface area contributed by atoms with E-state index in [9.17, 15) is 4.39 Å². The van der Waals surface area contributed by atoms with Gasteiger partial charge in [-0.05, 0) is 53.1 Å². The third-order valence-electron chi connectivity index (χ3n) is 2.44. The summed E-state index contributed by atoms with van der Waals surface area (Å²) in [5.74, 6) is -0.223. The number of halogens is 2. The first-order valence-electron chi connectivity index (χ1n) is 4.05. The minimum absolute atomic E-state index is 0.223. The van der Waals surface area contributed by atoms with Crippen LogP contribution in [0.4, 0.5) is 4.39 Å². The molecule has 1 fully saturated rings. The SMILES string of the molecule is N#CC1(c2ccc(I)c(F)c2)CC1. The van der Waals surface area contributed by atoms with Crippen LogP contribution in [0, 0.1) is 20.7 Å². The molecule has 0 spiro atoms. The summed E-state index contributed by atoms with van der Waals surface area (Å²) < 4.78 is 13.8. The molecule has 0 bridgehead atoms. The Morgan fingerprint density at radius 3 is 2.62 bits per heavy atom. The summed E-state index contributed by atoms with van der Waals surface area (Å²) >= 11 is 1.94. The first kappa shape index (κ1) is 8.95. The highest BCUT2D eigenvalue weighted by Gasteiger charge is 2.45. The van der Waals surface area contributed by atoms with E-state index in [0.717, 1.165) is 18.4 Å². The minimum atomic E-state index is -0.370. The van der Waals surface area contributed by atoms with E-state index >= 15 is 0 Å². The van der Waals surface area contributed by atoms with Gasteiger partial charge in [-0.2, -0.15) is 5.26 Å². The highest BCUT2D eigenvalue weighted by atomic mass is 127. The molecule has 1 nitrogen and oxygen atoms in total. The van der Waals surface area contributed by atoms with Gasteiger partial charge >= 0.3 is 0 Å². The van der Waals surface area contributed by atoms with Gasteiger partial charge in [-0.3, -0.25) is 0 Å². The second-order valence-corrected chi connectivity index (χ2v) is 4.48. The van der Waals surface area contributed by atoms with Crippen LogP contribution >= 0.6 is 22.6 Å². The molecule has 1 saturated carbocycles. The molecule has 1 aromatic carbocycles. The summed E-state index contributed by atoms with van der Waals surface area (Å²) in [5, 5.41) is 8.90. The molecule has 0 unspecified atom stereocenters. The molecular formula is C10H7FIN. The summed E-state index contributed by atoms with van der Waals surface area (Å²) in [6, 6.07) is 7.30. The summed E-state index contributed by atoms with van der Waals surface area (Å²) in [4.78, 5) is 0. The standard InChI is InChI=1S/C10H7FIN/c11-8-5-7(1-2-9(8)12)10(6-13)3-4-10/h1-2,5H,3-4H2. The van der Waals surface area contributed by atoms with Gasteiger partial charge in [-0.25, -0.2) is 4.39 Å². The van der Waals surface area contributed by atoms with E-state index in [0.29, 0.717) is 3.57 Å². The second-order valence-electron chi connectivity index (χ2n) is 3.32. The molecule has 1 aromatic rings. The van der Waals surface area contributed by atoms with Crippen molar-refractivity contribution in [1.82, 2.24) is 0 Å². The number of nitriles is 1. The van der Waals surface area contributed by atoms with E-state index in [4.69, 9.17) is 5.26 Å². The van der Waals surface area contributed by atoms with E-state index in [-0.39, 0.29) is 11.2 Å². The summed E-state index contributed by atoms with van der Waals surface area (Å²) in [5.41, 5.74) is 0.457. The predicted molar refractivity (Wildman–Crippen MR) is 55.6 cm³/mol. The first-order valence-corrected chi connectivity index (χ1v) is 5.13. The highest BCUT2D eigenvalue weighted by molar-refractivity contribution is 14.1. The lowest BCUT2D eigenvalue weighted by atomic mass is 9.98. The molecule has 0 N–H and O–H groups in total. The molecule has 0 aliphatic heterocycles. The molecule has 1 aliphatic carbocycles. The molecule has 0 atom stereocenters. The van der Waals surface area contributed by atoms with Crippen LogP contribution in [-0.4, -0.2) is 0 Å². The zero-order valence-corrected chi connectivity index (χ0v) is 9.01. The third kappa shape index (κ3) is 1.44. The van der Waals surface area contributed by atoms with Crippen LogP contribution in [0.15, 0.2) is 18.2 Å². The van der Waals surface area contributed by atoms with Gasteiger partial charge in [0.2, 0.25) is 0 Å². The third-order valence-corrected chi connectivity index (χ3v) is 3.31. The summed E-state index contributed by atoms with van der Waals surface area (Å²) in [6.07, 6.45) is 1.73. The van der Waals surface area contributed by atoms with E-state index in [2.05, 4.69) is 6.07 Å². The van der Waals surface area contributed by atoms with Gasteiger partial charge in [0.05, 0.1) is 11.5 Å². The Morgan fingerprint density at radius 1 is 1.46 bits per heavy atom. The van der Waals surface area contributed by atoms with Crippen LogP contribution in [-0.2, 0) is 5.41 Å². The maximum absolute atomic E-state index is 13.2. The van der Waals surface area contributed by atoms with Gasteiger partial charge in [0.25, 0.3) is 0 Å². The van der Waals surface area contributed by atoms with Crippen molar-refractivity contribution in [2.75, 3.05) is 0 Å². The van der Waals surface area contributed by atoms with E-state index in [1.165, 1.54) is 6.07 Å². The van der Waals surface area contributed by atoms with Gasteiger partial charge in [0.1, 0.15) is 5.82 Å². The maximum atomic E-state index is 13.2. The number of nitrogens with zero attached hydrogens (tertiary/aromatic N) is 1. The van der Waals surface area contributed by atoms with Crippen LogP contribution in [0.2, 0.25) is 0 Å². The Labute approximate surface area is 89.7 Å². The van der Waals surface area contributed by atoms with Crippen molar-refractivity contribution in [1.29, 1.82) is 5.26 Å². The fourth-order valence-electron chi connectivity index (χ4n) is 1.38. The Kier molecular flexibility index (Phi) is 2.03. The fourth-order valence-corrected chi connectivity index (χ4v) is 1.72. The monoisotopic (exact) mass is 287 g/mol. The molecule has 0 radical (unpaired) electrons. The molecule has 66 valence electrons. The summed E-state index contributed by atoms with van der Waals surface area (Å²) in [6.45, 7) is 0. The van der Waals surface area contributed by atoms with Crippen molar-refractivity contribution in [3.63, 3.8) is 0 Å². The Balaban J connectivity index is 2.44. The van der Waals surface area contributed by atoms with Gasteiger partial charge in [0, 0.05) is 3.57 Å². The quantitative estimate of drug-likeness (QED) is 0.728. The average Bonchev–Trinajstić information content (AvgIpc) is 2.90. The van der Waals surface area contributed by atoms with E-state index in [1.807, 2.05) is 28.7 Å². The van der Waals surface area contributed by atoms with Crippen LogP contribution in [0.5, 0.6) is 0 Å². The summed E-state index contributed by atoms with van der Waals surface area (Å²) in [7, 11) is 0. The fraction of sp³-hybridized carbons (Fsp3) is 0.300. The Morgan fingerprint density at radius 2 is 2.15 bits per heavy atom. The molecular weight excluding hydrogens is 280 g/mol. The van der Waals surface area contributed by atoms with E-state index < -0.39 is 0 Å².